The van der Waals surface area contributed by atoms with E-state index in [0.29, 0.717) is 101 Å². The second-order valence-corrected chi connectivity index (χ2v) is 29.4. The molecular weight excluding hydrogens is 1240 g/mol. The minimum Gasteiger partial charge on any atom is -0.496 e. The lowest BCUT2D eigenvalue weighted by atomic mass is 9.49. The van der Waals surface area contributed by atoms with Crippen molar-refractivity contribution in [3.63, 3.8) is 0 Å². The summed E-state index contributed by atoms with van der Waals surface area (Å²) in [6.07, 6.45) is 4.80. The van der Waals surface area contributed by atoms with Gasteiger partial charge in [0.2, 0.25) is 11.6 Å². The largest absolute Gasteiger partial charge is 0.496 e. The highest BCUT2D eigenvalue weighted by atomic mass is 33.1. The van der Waals surface area contributed by atoms with E-state index < -0.39 is 93.2 Å². The van der Waals surface area contributed by atoms with Gasteiger partial charge in [0.25, 0.3) is 5.91 Å². The number of hydrogen-bond acceptors (Lipinski definition) is 22. The van der Waals surface area contributed by atoms with Crippen LogP contribution in [0.4, 0.5) is 20.1 Å². The average Bonchev–Trinajstić information content (AvgIpc) is 1.55. The number of piperazine rings is 1. The monoisotopic (exact) mass is 1320 g/mol. The van der Waals surface area contributed by atoms with Crippen LogP contribution in [-0.2, 0) is 60.1 Å². The van der Waals surface area contributed by atoms with Gasteiger partial charge in [-0.3, -0.25) is 39.3 Å². The van der Waals surface area contributed by atoms with Gasteiger partial charge in [0.15, 0.2) is 11.3 Å². The summed E-state index contributed by atoms with van der Waals surface area (Å²) >= 11 is 0. The van der Waals surface area contributed by atoms with E-state index >= 15 is 9.59 Å². The van der Waals surface area contributed by atoms with Crippen molar-refractivity contribution in [3.8, 4) is 5.75 Å². The molecule has 2 aromatic carbocycles. The standard InChI is InChI=1S/C66H84N10O15S2/c1-9-61-18-14-20-74-22-19-63(54(61)74)40-27-41(64(57(80)87-7)30-37-29-62(84,10-2)35-73(31-37)21-17-39-38-15-12-13-16-43(38)69-52(39)64)46(86-6)28-44(40)72(5)55(63)65(85,34-61)56(79)70-71-59(82)89-23-25-92-93-26-24-90-60(83)76-45-32-75-49-47(51(78)48(68-11-3)36(4)50(49)77)42(33-91-58(67)81)66(75,88-8)53(45)76/h12-16,18,27-28,37,42,45,53-55,68-69,84-85H,9-11,17,19-26,29-35H2,1-8H3,(H2,67,81)(H,70,79)(H,71,82)/t37?,42-,45+,53+,54+,55-,61+,62+,63-,64+,65-,66-,76?/m1/s1. The zero-order valence-corrected chi connectivity index (χ0v) is 55.5. The minimum absolute atomic E-state index is 0.0250. The number of aliphatic hydroxyl groups is 2. The number of H-pyrrole nitrogens is 1. The molecule has 2 bridgehead atoms. The number of benzene rings is 2. The molecule has 500 valence electrons. The molecule has 2 aliphatic carbocycles. The minimum atomic E-state index is -2.11. The fraction of sp³-hybridized carbons (Fsp3) is 0.591. The average molecular weight is 1320 g/mol. The topological polar surface area (TPSA) is 309 Å². The number of hydrogen-bond donors (Lipinski definition) is 7. The summed E-state index contributed by atoms with van der Waals surface area (Å²) in [5.41, 5.74) is 8.33. The van der Waals surface area contributed by atoms with Crippen molar-refractivity contribution in [1.29, 1.82) is 0 Å². The Labute approximate surface area is 547 Å². The normalized spacial score (nSPS) is 33.5. The summed E-state index contributed by atoms with van der Waals surface area (Å²) in [5.74, 6) is -1.99. The third-order valence-electron chi connectivity index (χ3n) is 22.4. The molecule has 27 heteroatoms. The van der Waals surface area contributed by atoms with Crippen molar-refractivity contribution >= 4 is 79.9 Å². The predicted octanol–water partition coefficient (Wildman–Crippen LogP) is 4.28. The molecule has 2 unspecified atom stereocenters. The number of primary amides is 1. The first kappa shape index (κ1) is 64.7. The van der Waals surface area contributed by atoms with E-state index in [1.54, 1.807) is 25.9 Å². The fourth-order valence-corrected chi connectivity index (χ4v) is 20.5. The van der Waals surface area contributed by atoms with Crippen molar-refractivity contribution < 1.29 is 72.2 Å². The molecule has 4 amide bonds. The number of nitrogens with one attached hydrogen (secondary N) is 4. The third kappa shape index (κ3) is 9.67. The van der Waals surface area contributed by atoms with Gasteiger partial charge in [0, 0.05) is 127 Å². The van der Waals surface area contributed by atoms with E-state index in [1.165, 1.54) is 40.7 Å². The van der Waals surface area contributed by atoms with Crippen LogP contribution < -0.4 is 31.5 Å². The number of allylic oxidation sites excluding steroid dienone is 2. The van der Waals surface area contributed by atoms with E-state index in [0.717, 1.165) is 33.4 Å². The molecular formula is C66H84N10O15S2. The van der Waals surface area contributed by atoms with Crippen LogP contribution in [-0.4, -0.2) is 223 Å². The lowest BCUT2D eigenvalue weighted by molar-refractivity contribution is -0.161. The van der Waals surface area contributed by atoms with Gasteiger partial charge in [-0.1, -0.05) is 65.8 Å². The molecule has 10 aliphatic rings. The number of piperidine rings is 1. The Morgan fingerprint density at radius 3 is 2.37 bits per heavy atom. The van der Waals surface area contributed by atoms with Gasteiger partial charge in [-0.2, -0.15) is 0 Å². The summed E-state index contributed by atoms with van der Waals surface area (Å²) in [4.78, 5) is 111. The number of hydrazine groups is 1. The van der Waals surface area contributed by atoms with Gasteiger partial charge in [-0.15, -0.1) is 0 Å². The number of amides is 4. The molecule has 3 aromatic rings. The predicted molar refractivity (Wildman–Crippen MR) is 345 cm³/mol. The van der Waals surface area contributed by atoms with Gasteiger partial charge < -0.3 is 64.5 Å². The van der Waals surface area contributed by atoms with E-state index in [2.05, 4.69) is 62.2 Å². The van der Waals surface area contributed by atoms with E-state index in [9.17, 15) is 34.2 Å². The van der Waals surface area contributed by atoms with Crippen LogP contribution in [0.2, 0.25) is 0 Å². The first-order valence-electron chi connectivity index (χ1n) is 32.3. The molecule has 5 fully saturated rings. The SMILES string of the molecule is CCNC1=C(C)C(=O)C2=C(C1=O)[C@@H](COC(N)=O)[C@@]1(OC)[C@@H]3[C@H](CN21)N3C(=O)OCCSSCCOC(=O)NNC(=O)[C@@]1(O)C[C@]2(CC)C=CCN3CC[C@@]4(c5cc([C@@]6(C(=O)OC)CC7CN(CCc8c6[nH]c6ccccc86)C[C@](O)(CC)C7)c(OC)cc5N(C)[C@H]41)[C@@H]32. The lowest BCUT2D eigenvalue weighted by Crippen LogP contribution is -2.76. The van der Waals surface area contributed by atoms with E-state index in [-0.39, 0.29) is 73.1 Å². The maximum atomic E-state index is 15.6. The number of carbonyl (C=O) groups excluding carboxylic acids is 7. The number of ether oxygens (including phenoxy) is 6. The highest BCUT2D eigenvalue weighted by Gasteiger charge is 2.79. The summed E-state index contributed by atoms with van der Waals surface area (Å²) < 4.78 is 35.1. The number of ketones is 2. The number of nitrogens with zero attached hydrogens (tertiary/aromatic N) is 5. The van der Waals surface area contributed by atoms with Gasteiger partial charge in [-0.05, 0) is 94.5 Å². The Morgan fingerprint density at radius 2 is 1.66 bits per heavy atom. The molecule has 0 radical (unpaired) electrons. The molecule has 9 heterocycles. The Kier molecular flexibility index (Phi) is 16.7. The molecule has 25 nitrogen and oxygen atoms in total. The quantitative estimate of drug-likeness (QED) is 0.0137. The van der Waals surface area contributed by atoms with Crippen molar-refractivity contribution in [2.75, 3.05) is 110 Å². The molecule has 1 saturated carbocycles. The maximum absolute atomic E-state index is 15.6. The molecule has 13 atom stereocenters. The highest BCUT2D eigenvalue weighted by Crippen LogP contribution is 2.68. The Morgan fingerprint density at radius 1 is 0.892 bits per heavy atom. The number of carbonyl (C=O) groups is 7. The van der Waals surface area contributed by atoms with Crippen molar-refractivity contribution in [2.45, 2.75) is 125 Å². The molecule has 8 N–H and O–H groups in total. The lowest BCUT2D eigenvalue weighted by Gasteiger charge is -2.61. The summed E-state index contributed by atoms with van der Waals surface area (Å²) in [5, 5.41) is 29.7. The Balaban J connectivity index is 0.684. The Hall–Kier alpha value is -7.01. The number of anilines is 1. The van der Waals surface area contributed by atoms with Gasteiger partial charge >= 0.3 is 24.2 Å². The summed E-state index contributed by atoms with van der Waals surface area (Å²) in [6, 6.07) is 10.1. The zero-order valence-electron chi connectivity index (χ0n) is 53.8. The molecule has 13 rings (SSSR count). The van der Waals surface area contributed by atoms with Crippen LogP contribution in [0.5, 0.6) is 5.75 Å². The van der Waals surface area contributed by atoms with Crippen LogP contribution in [0, 0.1) is 17.3 Å². The molecule has 4 saturated heterocycles. The van der Waals surface area contributed by atoms with Gasteiger partial charge in [-0.25, -0.2) is 19.8 Å². The number of aromatic nitrogens is 1. The molecule has 1 aromatic heterocycles. The highest BCUT2D eigenvalue weighted by molar-refractivity contribution is 8.76. The number of aromatic amines is 1. The van der Waals surface area contributed by atoms with Crippen molar-refractivity contribution in [3.05, 3.63) is 93.5 Å². The number of Topliss-reactive ketones (excluding diaryl/α,β-unsaturated/α-hetero) is 2. The number of para-hydroxylation sites is 1. The second kappa shape index (κ2) is 24.0. The summed E-state index contributed by atoms with van der Waals surface area (Å²) in [6.45, 7) is 10.9. The molecule has 93 heavy (non-hydrogen) atoms. The molecule has 1 spiro atoms. The second-order valence-electron chi connectivity index (χ2n) is 26.7. The smallest absolute Gasteiger partial charge is 0.426 e. The van der Waals surface area contributed by atoms with Crippen LogP contribution in [0.3, 0.4) is 0 Å². The van der Waals surface area contributed by atoms with Crippen LogP contribution in [0.25, 0.3) is 10.9 Å². The number of rotatable bonds is 18. The molecule has 8 aliphatic heterocycles. The van der Waals surface area contributed by atoms with Gasteiger partial charge in [0.05, 0.1) is 49.2 Å². The van der Waals surface area contributed by atoms with E-state index in [1.807, 2.05) is 43.1 Å². The van der Waals surface area contributed by atoms with Crippen molar-refractivity contribution in [2.24, 2.45) is 23.0 Å². The summed E-state index contributed by atoms with van der Waals surface area (Å²) in [7, 11) is 9.09. The number of nitrogens with two attached hydrogens (primary N) is 1. The van der Waals surface area contributed by atoms with E-state index in [4.69, 9.17) is 34.2 Å². The maximum Gasteiger partial charge on any atom is 0.426 e. The Bertz CT molecular complexity index is 3710. The number of esters is 1. The number of fused-ring (bicyclic) bond motifs is 10. The van der Waals surface area contributed by atoms with Crippen LogP contribution in [0.15, 0.2) is 71.1 Å². The third-order valence-corrected chi connectivity index (χ3v) is 24.7. The van der Waals surface area contributed by atoms with Crippen LogP contribution >= 0.6 is 21.6 Å². The first-order valence-corrected chi connectivity index (χ1v) is 34.8. The number of methoxy groups -OCH3 is 3. The van der Waals surface area contributed by atoms with Gasteiger partial charge in [0.1, 0.15) is 37.0 Å². The zero-order chi connectivity index (χ0) is 65.9. The fourth-order valence-electron chi connectivity index (χ4n) is 18.9. The number of likely N-dealkylation sites (N-methyl/N-ethyl adjacent to an activating group) is 2. The first-order chi connectivity index (χ1) is 44.6. The van der Waals surface area contributed by atoms with Crippen LogP contribution in [0.1, 0.15) is 88.6 Å². The van der Waals surface area contributed by atoms with Crippen molar-refractivity contribution in [1.82, 2.24) is 40.8 Å².